The van der Waals surface area contributed by atoms with Gasteiger partial charge in [0.1, 0.15) is 5.75 Å². The van der Waals surface area contributed by atoms with E-state index in [0.717, 1.165) is 18.0 Å². The summed E-state index contributed by atoms with van der Waals surface area (Å²) in [5.74, 6) is 0.612. The van der Waals surface area contributed by atoms with Gasteiger partial charge in [-0.2, -0.15) is 18.3 Å². The van der Waals surface area contributed by atoms with E-state index in [2.05, 4.69) is 5.10 Å². The van der Waals surface area contributed by atoms with Crippen LogP contribution in [-0.2, 0) is 6.18 Å². The van der Waals surface area contributed by atoms with Gasteiger partial charge in [-0.3, -0.25) is 4.68 Å². The van der Waals surface area contributed by atoms with Gasteiger partial charge in [-0.05, 0) is 24.6 Å². The minimum absolute atomic E-state index is 0.418. The average molecular weight is 299 g/mol. The van der Waals surface area contributed by atoms with E-state index in [0.29, 0.717) is 5.75 Å². The summed E-state index contributed by atoms with van der Waals surface area (Å²) in [6, 6.07) is 6.12. The summed E-state index contributed by atoms with van der Waals surface area (Å²) < 4.78 is 44.4. The van der Waals surface area contributed by atoms with Crippen LogP contribution in [-0.4, -0.2) is 22.9 Å². The highest BCUT2D eigenvalue weighted by molar-refractivity contribution is 5.32. The zero-order valence-corrected chi connectivity index (χ0v) is 11.6. The van der Waals surface area contributed by atoms with Crippen molar-refractivity contribution in [2.75, 3.05) is 7.11 Å². The predicted octanol–water partition coefficient (Wildman–Crippen LogP) is 2.85. The summed E-state index contributed by atoms with van der Waals surface area (Å²) >= 11 is 0. The highest BCUT2D eigenvalue weighted by Gasteiger charge is 2.33. The number of ether oxygens (including phenoxy) is 1. The predicted molar refractivity (Wildman–Crippen MR) is 72.0 cm³/mol. The summed E-state index contributed by atoms with van der Waals surface area (Å²) in [5.41, 5.74) is 5.87. The van der Waals surface area contributed by atoms with Crippen molar-refractivity contribution in [2.45, 2.75) is 25.2 Å². The molecular weight excluding hydrogens is 283 g/mol. The van der Waals surface area contributed by atoms with Crippen LogP contribution >= 0.6 is 0 Å². The molecule has 2 aromatic rings. The zero-order valence-electron chi connectivity index (χ0n) is 11.6. The van der Waals surface area contributed by atoms with Crippen molar-refractivity contribution in [1.82, 2.24) is 9.78 Å². The van der Waals surface area contributed by atoms with Crippen molar-refractivity contribution in [3.63, 3.8) is 0 Å². The fraction of sp³-hybridized carbons (Fsp3) is 0.357. The summed E-state index contributed by atoms with van der Waals surface area (Å²) in [5, 5.41) is 3.81. The van der Waals surface area contributed by atoms with Gasteiger partial charge in [-0.1, -0.05) is 12.1 Å². The number of halogens is 3. The number of alkyl halides is 3. The van der Waals surface area contributed by atoms with Crippen LogP contribution in [0.15, 0.2) is 36.7 Å². The molecule has 0 bridgehead atoms. The van der Waals surface area contributed by atoms with Gasteiger partial charge in [-0.25, -0.2) is 0 Å². The second-order valence-electron chi connectivity index (χ2n) is 4.79. The summed E-state index contributed by atoms with van der Waals surface area (Å²) in [7, 11) is 1.52. The Kier molecular flexibility index (Phi) is 4.22. The third-order valence-electron chi connectivity index (χ3n) is 3.15. The molecule has 114 valence electrons. The zero-order chi connectivity index (χ0) is 15.6. The van der Waals surface area contributed by atoms with Crippen LogP contribution in [0, 0.1) is 0 Å². The molecule has 0 aliphatic carbocycles. The minimum Gasteiger partial charge on any atom is -0.497 e. The lowest BCUT2D eigenvalue weighted by Gasteiger charge is -2.22. The number of aromatic nitrogens is 2. The molecule has 4 nitrogen and oxygen atoms in total. The SMILES string of the molecule is COc1cccc(C(C(C)N)n2cc(C(F)(F)F)cn2)c1. The van der Waals surface area contributed by atoms with Gasteiger partial charge in [0.05, 0.1) is 24.9 Å². The second kappa shape index (κ2) is 5.77. The number of hydrogen-bond donors (Lipinski definition) is 1. The number of benzene rings is 1. The van der Waals surface area contributed by atoms with Crippen molar-refractivity contribution in [2.24, 2.45) is 5.73 Å². The quantitative estimate of drug-likeness (QED) is 0.944. The van der Waals surface area contributed by atoms with Crippen LogP contribution in [0.5, 0.6) is 5.75 Å². The number of nitrogens with zero attached hydrogens (tertiary/aromatic N) is 2. The van der Waals surface area contributed by atoms with E-state index in [1.165, 1.54) is 11.8 Å². The lowest BCUT2D eigenvalue weighted by molar-refractivity contribution is -0.137. The first-order chi connectivity index (χ1) is 9.82. The Bertz CT molecular complexity index is 608. The Morgan fingerprint density at radius 3 is 2.57 bits per heavy atom. The molecule has 2 N–H and O–H groups in total. The maximum atomic E-state index is 12.7. The fourth-order valence-corrected chi connectivity index (χ4v) is 2.16. The summed E-state index contributed by atoms with van der Waals surface area (Å²) in [6.07, 6.45) is -2.65. The second-order valence-corrected chi connectivity index (χ2v) is 4.79. The summed E-state index contributed by atoms with van der Waals surface area (Å²) in [4.78, 5) is 0. The van der Waals surface area contributed by atoms with Crippen molar-refractivity contribution in [3.05, 3.63) is 47.8 Å². The molecule has 2 unspecified atom stereocenters. The number of hydrogen-bond acceptors (Lipinski definition) is 3. The molecule has 1 aromatic carbocycles. The molecule has 0 saturated heterocycles. The topological polar surface area (TPSA) is 53.1 Å². The van der Waals surface area contributed by atoms with E-state index in [4.69, 9.17) is 10.5 Å². The maximum Gasteiger partial charge on any atom is 0.419 e. The third kappa shape index (κ3) is 3.36. The molecule has 1 heterocycles. The van der Waals surface area contributed by atoms with Gasteiger partial charge in [0.2, 0.25) is 0 Å². The first-order valence-corrected chi connectivity index (χ1v) is 6.34. The Morgan fingerprint density at radius 1 is 1.33 bits per heavy atom. The lowest BCUT2D eigenvalue weighted by Crippen LogP contribution is -2.30. The highest BCUT2D eigenvalue weighted by Crippen LogP contribution is 2.31. The average Bonchev–Trinajstić information content (AvgIpc) is 2.88. The van der Waals surface area contributed by atoms with E-state index in [-0.39, 0.29) is 0 Å². The van der Waals surface area contributed by atoms with Crippen molar-refractivity contribution >= 4 is 0 Å². The molecule has 0 radical (unpaired) electrons. The van der Waals surface area contributed by atoms with Gasteiger partial charge in [-0.15, -0.1) is 0 Å². The number of methoxy groups -OCH3 is 1. The Balaban J connectivity index is 2.41. The van der Waals surface area contributed by atoms with Gasteiger partial charge in [0.25, 0.3) is 0 Å². The molecule has 21 heavy (non-hydrogen) atoms. The lowest BCUT2D eigenvalue weighted by atomic mass is 10.0. The van der Waals surface area contributed by atoms with E-state index in [1.54, 1.807) is 31.2 Å². The monoisotopic (exact) mass is 299 g/mol. The van der Waals surface area contributed by atoms with Crippen LogP contribution in [0.4, 0.5) is 13.2 Å². The maximum absolute atomic E-state index is 12.7. The Labute approximate surface area is 120 Å². The molecule has 0 aliphatic heterocycles. The van der Waals surface area contributed by atoms with E-state index >= 15 is 0 Å². The Hall–Kier alpha value is -2.02. The van der Waals surface area contributed by atoms with Gasteiger partial charge >= 0.3 is 6.18 Å². The first-order valence-electron chi connectivity index (χ1n) is 6.34. The van der Waals surface area contributed by atoms with Crippen LogP contribution < -0.4 is 10.5 Å². The van der Waals surface area contributed by atoms with Gasteiger partial charge < -0.3 is 10.5 Å². The largest absolute Gasteiger partial charge is 0.497 e. The standard InChI is InChI=1S/C14H16F3N3O/c1-9(18)13(10-4-3-5-12(6-10)21-2)20-8-11(7-19-20)14(15,16)17/h3-9,13H,18H2,1-2H3. The van der Waals surface area contributed by atoms with Crippen LogP contribution in [0.1, 0.15) is 24.1 Å². The van der Waals surface area contributed by atoms with Crippen molar-refractivity contribution in [3.8, 4) is 5.75 Å². The molecule has 2 rings (SSSR count). The third-order valence-corrected chi connectivity index (χ3v) is 3.15. The molecule has 1 aromatic heterocycles. The molecule has 2 atom stereocenters. The van der Waals surface area contributed by atoms with Crippen LogP contribution in [0.3, 0.4) is 0 Å². The smallest absolute Gasteiger partial charge is 0.419 e. The normalized spacial score (nSPS) is 14.8. The Morgan fingerprint density at radius 2 is 2.05 bits per heavy atom. The number of rotatable bonds is 4. The van der Waals surface area contributed by atoms with Crippen LogP contribution in [0.25, 0.3) is 0 Å². The molecule has 0 saturated carbocycles. The van der Waals surface area contributed by atoms with E-state index in [9.17, 15) is 13.2 Å². The van der Waals surface area contributed by atoms with Gasteiger partial charge in [0, 0.05) is 12.2 Å². The van der Waals surface area contributed by atoms with Crippen LogP contribution in [0.2, 0.25) is 0 Å². The minimum atomic E-state index is -4.42. The van der Waals surface area contributed by atoms with E-state index in [1.807, 2.05) is 0 Å². The molecular formula is C14H16F3N3O. The molecule has 7 heteroatoms. The molecule has 0 aliphatic rings. The first kappa shape index (κ1) is 15.4. The van der Waals surface area contributed by atoms with E-state index < -0.39 is 23.8 Å². The summed E-state index contributed by atoms with van der Waals surface area (Å²) in [6.45, 7) is 1.72. The molecule has 0 spiro atoms. The fourth-order valence-electron chi connectivity index (χ4n) is 2.16. The van der Waals surface area contributed by atoms with Crippen molar-refractivity contribution in [1.29, 1.82) is 0 Å². The van der Waals surface area contributed by atoms with Gasteiger partial charge in [0.15, 0.2) is 0 Å². The highest BCUT2D eigenvalue weighted by atomic mass is 19.4. The molecule has 0 fully saturated rings. The number of nitrogens with two attached hydrogens (primary N) is 1. The molecule has 0 amide bonds. The van der Waals surface area contributed by atoms with Crippen molar-refractivity contribution < 1.29 is 17.9 Å².